The zero-order valence-electron chi connectivity index (χ0n) is 30.9. The van der Waals surface area contributed by atoms with E-state index in [0.717, 1.165) is 29.5 Å². The molecule has 0 amide bonds. The number of halogens is 5. The van der Waals surface area contributed by atoms with Gasteiger partial charge in [-0.1, -0.05) is 78.3 Å². The maximum absolute atomic E-state index is 12.9. The van der Waals surface area contributed by atoms with Crippen LogP contribution in [-0.2, 0) is 0 Å². The Bertz CT molecular complexity index is 1440. The molecular formula is C37H52B3BrF4N4O4. The maximum Gasteiger partial charge on any atom is 0.374 e. The lowest BCUT2D eigenvalue weighted by Crippen LogP contribution is -2.36. The molecule has 0 saturated heterocycles. The van der Waals surface area contributed by atoms with Crippen molar-refractivity contribution in [1.82, 2.24) is 15.7 Å². The summed E-state index contributed by atoms with van der Waals surface area (Å²) in [4.78, 5) is 0. The van der Waals surface area contributed by atoms with Gasteiger partial charge in [0.25, 0.3) is 0 Å². The molecule has 16 heteroatoms. The first-order valence-electron chi connectivity index (χ1n) is 17.4. The fourth-order valence-electron chi connectivity index (χ4n) is 4.95. The fraction of sp³-hybridized carbons (Fsp3) is 0.351. The second-order valence-electron chi connectivity index (χ2n) is 12.2. The number of rotatable bonds is 14. The smallest absolute Gasteiger partial charge is 0.374 e. The summed E-state index contributed by atoms with van der Waals surface area (Å²) in [6.07, 6.45) is 1.65. The first kappa shape index (κ1) is 48.0. The van der Waals surface area contributed by atoms with E-state index in [0.29, 0.717) is 10.9 Å². The minimum absolute atomic E-state index is 0.00528. The minimum Gasteiger partial charge on any atom is -0.437 e. The Labute approximate surface area is 321 Å². The lowest BCUT2D eigenvalue weighted by Gasteiger charge is -2.17. The molecule has 0 aromatic heterocycles. The average molecular weight is 805 g/mol. The van der Waals surface area contributed by atoms with E-state index < -0.39 is 27.2 Å². The number of aliphatic hydroxyl groups is 1. The van der Waals surface area contributed by atoms with Crippen molar-refractivity contribution in [3.63, 3.8) is 0 Å². The first-order valence-corrected chi connectivity index (χ1v) is 18.5. The van der Waals surface area contributed by atoms with Gasteiger partial charge in [0.2, 0.25) is 0 Å². The molecule has 0 aliphatic heterocycles. The molecular weight excluding hydrogens is 753 g/mol. The number of nitrogens with two attached hydrogens (primary N) is 1. The molecule has 0 aliphatic carbocycles. The van der Waals surface area contributed by atoms with Crippen molar-refractivity contribution >= 4 is 37.1 Å². The predicted molar refractivity (Wildman–Crippen MR) is 213 cm³/mol. The Hall–Kier alpha value is -3.05. The predicted octanol–water partition coefficient (Wildman–Crippen LogP) is 6.73. The van der Waals surface area contributed by atoms with Crippen molar-refractivity contribution in [2.45, 2.75) is 71.3 Å². The summed E-state index contributed by atoms with van der Waals surface area (Å²) in [5, 5.41) is 45.6. The van der Waals surface area contributed by atoms with Crippen molar-refractivity contribution in [1.29, 1.82) is 0 Å². The highest BCUT2D eigenvalue weighted by Gasteiger charge is 2.16. The van der Waals surface area contributed by atoms with Crippen molar-refractivity contribution in [3.8, 4) is 0 Å². The van der Waals surface area contributed by atoms with Gasteiger partial charge in [0.15, 0.2) is 0 Å². The van der Waals surface area contributed by atoms with E-state index in [1.54, 1.807) is 50.8 Å². The number of benzene rings is 4. The summed E-state index contributed by atoms with van der Waals surface area (Å²) in [5.74, 6) is -1.08. The largest absolute Gasteiger partial charge is 0.437 e. The summed E-state index contributed by atoms with van der Waals surface area (Å²) < 4.78 is 51.2. The van der Waals surface area contributed by atoms with E-state index in [2.05, 4.69) is 31.6 Å². The van der Waals surface area contributed by atoms with Crippen LogP contribution in [0, 0.1) is 23.3 Å². The van der Waals surface area contributed by atoms with Gasteiger partial charge >= 0.3 is 21.2 Å². The van der Waals surface area contributed by atoms with Gasteiger partial charge in [0, 0.05) is 29.5 Å². The van der Waals surface area contributed by atoms with Crippen LogP contribution in [0.2, 0.25) is 20.5 Å². The SMILES string of the molecule is CB(O)NC(CBr)c1cccc(F)c1.CB(O)NC(CO)c1cccc(F)c1.CCC(N)c1cccc(F)c1.CCC(NB(C)O)c1cccc(F)c1. The highest BCUT2D eigenvalue weighted by molar-refractivity contribution is 9.09. The topological polar surface area (TPSA) is 143 Å². The van der Waals surface area contributed by atoms with Crippen LogP contribution in [0.4, 0.5) is 17.6 Å². The van der Waals surface area contributed by atoms with E-state index >= 15 is 0 Å². The van der Waals surface area contributed by atoms with Gasteiger partial charge in [-0.3, -0.25) is 0 Å². The second kappa shape index (κ2) is 26.7. The van der Waals surface area contributed by atoms with Crippen LogP contribution in [0.3, 0.4) is 0 Å². The van der Waals surface area contributed by atoms with Gasteiger partial charge in [-0.25, -0.2) is 17.6 Å². The minimum atomic E-state index is -0.740. The molecule has 0 aliphatic rings. The van der Waals surface area contributed by atoms with Crippen molar-refractivity contribution in [2.75, 3.05) is 11.9 Å². The monoisotopic (exact) mass is 804 g/mol. The van der Waals surface area contributed by atoms with Gasteiger partial charge in [-0.2, -0.15) is 0 Å². The van der Waals surface area contributed by atoms with Crippen LogP contribution in [0.5, 0.6) is 0 Å². The third kappa shape index (κ3) is 20.3. The van der Waals surface area contributed by atoms with Crippen molar-refractivity contribution in [3.05, 3.63) is 143 Å². The normalized spacial score (nSPS) is 12.7. The standard InChI is InChI=1S/C10H15BFNO.C9H12BBrFNO.C9H13BFNO2.C9H12FN/c1-3-10(13-11(2)14)8-5-4-6-9(12)7-8;1-10(14)13-9(6-11)7-3-2-4-8(12)5-7;1-10(14)12-9(6-13)7-3-2-4-8(11)5-7;1-2-9(11)7-4-3-5-8(10)6-7/h4-7,10,13-14H,3H2,1-2H3;2-5,9,13-14H,6H2,1H3;2-5,9,12-14H,6H2,1H3;3-6,9H,2,11H2,1H3. The summed E-state index contributed by atoms with van der Waals surface area (Å²) >= 11 is 3.31. The highest BCUT2D eigenvalue weighted by atomic mass is 79.9. The van der Waals surface area contributed by atoms with E-state index in [4.69, 9.17) is 20.9 Å². The van der Waals surface area contributed by atoms with Crippen LogP contribution in [0.1, 0.15) is 73.1 Å². The number of aliphatic hydroxyl groups excluding tert-OH is 1. The molecule has 8 nitrogen and oxygen atoms in total. The van der Waals surface area contributed by atoms with E-state index in [1.165, 1.54) is 48.5 Å². The van der Waals surface area contributed by atoms with Gasteiger partial charge < -0.3 is 41.6 Å². The third-order valence-corrected chi connectivity index (χ3v) is 8.19. The Balaban J connectivity index is 0.000000355. The fourth-order valence-corrected chi connectivity index (χ4v) is 5.51. The van der Waals surface area contributed by atoms with Gasteiger partial charge in [-0.15, -0.1) is 0 Å². The Morgan fingerprint density at radius 3 is 1.21 bits per heavy atom. The molecule has 9 N–H and O–H groups in total. The lowest BCUT2D eigenvalue weighted by atomic mass is 9.85. The molecule has 4 rings (SSSR count). The number of alkyl halides is 1. The number of hydrogen-bond acceptors (Lipinski definition) is 8. The van der Waals surface area contributed by atoms with Crippen LogP contribution in [0.15, 0.2) is 97.1 Å². The van der Waals surface area contributed by atoms with Crippen LogP contribution >= 0.6 is 15.9 Å². The van der Waals surface area contributed by atoms with E-state index in [9.17, 15) is 22.6 Å². The average Bonchev–Trinajstić information content (AvgIpc) is 3.12. The number of nitrogens with one attached hydrogen (secondary N) is 3. The van der Waals surface area contributed by atoms with Crippen molar-refractivity contribution < 1.29 is 37.7 Å². The highest BCUT2D eigenvalue weighted by Crippen LogP contribution is 2.18. The zero-order chi connectivity index (χ0) is 39.9. The lowest BCUT2D eigenvalue weighted by molar-refractivity contribution is 0.255. The molecule has 0 heterocycles. The molecule has 0 saturated carbocycles. The first-order chi connectivity index (χ1) is 25.1. The maximum atomic E-state index is 12.9. The molecule has 0 radical (unpaired) electrons. The van der Waals surface area contributed by atoms with Gasteiger partial charge in [0.1, 0.15) is 23.3 Å². The zero-order valence-corrected chi connectivity index (χ0v) is 32.4. The second-order valence-corrected chi connectivity index (χ2v) is 12.8. The molecule has 4 aromatic carbocycles. The molecule has 288 valence electrons. The summed E-state index contributed by atoms with van der Waals surface area (Å²) in [5.41, 5.74) is 8.87. The van der Waals surface area contributed by atoms with Crippen LogP contribution in [-0.4, -0.2) is 53.3 Å². The molecule has 0 bridgehead atoms. The van der Waals surface area contributed by atoms with E-state index in [-0.39, 0.29) is 48.0 Å². The quantitative estimate of drug-likeness (QED) is 0.0399. The Morgan fingerprint density at radius 1 is 0.566 bits per heavy atom. The molecule has 4 atom stereocenters. The van der Waals surface area contributed by atoms with Gasteiger partial charge in [0.05, 0.1) is 6.61 Å². The van der Waals surface area contributed by atoms with Crippen molar-refractivity contribution in [2.24, 2.45) is 5.73 Å². The van der Waals surface area contributed by atoms with Crippen LogP contribution in [0.25, 0.3) is 0 Å². The number of hydrogen-bond donors (Lipinski definition) is 8. The molecule has 4 aromatic rings. The Kier molecular flexibility index (Phi) is 24.2. The summed E-state index contributed by atoms with van der Waals surface area (Å²) in [7, 11) is -1.93. The summed E-state index contributed by atoms with van der Waals surface area (Å²) in [6, 6.07) is 24.6. The molecule has 53 heavy (non-hydrogen) atoms. The molecule has 0 spiro atoms. The molecule has 4 unspecified atom stereocenters. The molecule has 0 fully saturated rings. The Morgan fingerprint density at radius 2 is 0.887 bits per heavy atom. The van der Waals surface area contributed by atoms with Crippen LogP contribution < -0.4 is 21.4 Å². The third-order valence-electron chi connectivity index (χ3n) is 7.54. The van der Waals surface area contributed by atoms with Gasteiger partial charge in [-0.05, 0) is 104 Å². The summed E-state index contributed by atoms with van der Waals surface area (Å²) in [6.45, 7) is 8.62. The van der Waals surface area contributed by atoms with E-state index in [1.807, 2.05) is 32.0 Å².